The van der Waals surface area contributed by atoms with Gasteiger partial charge in [-0.3, -0.25) is 4.79 Å². The van der Waals surface area contributed by atoms with E-state index < -0.39 is 17.1 Å². The summed E-state index contributed by atoms with van der Waals surface area (Å²) in [5.74, 6) is -1.18. The predicted octanol–water partition coefficient (Wildman–Crippen LogP) is 2.92. The Morgan fingerprint density at radius 3 is 2.74 bits per heavy atom. The minimum absolute atomic E-state index is 0.0426. The van der Waals surface area contributed by atoms with Crippen LogP contribution in [0.5, 0.6) is 11.8 Å². The number of aromatic nitrogens is 3. The van der Waals surface area contributed by atoms with Gasteiger partial charge in [-0.05, 0) is 31.3 Å². The molecule has 0 saturated heterocycles. The molecule has 9 nitrogen and oxygen atoms in total. The third kappa shape index (κ3) is 4.42. The zero-order chi connectivity index (χ0) is 21.8. The Morgan fingerprint density at radius 1 is 1.16 bits per heavy atom. The molecule has 11 heteroatoms. The molecule has 0 aliphatic rings. The molecule has 0 amide bonds. The molecule has 0 bridgehead atoms. The van der Waals surface area contributed by atoms with E-state index in [-0.39, 0.29) is 34.8 Å². The normalized spacial score (nSPS) is 10.9. The van der Waals surface area contributed by atoms with Gasteiger partial charge in [-0.2, -0.15) is 0 Å². The summed E-state index contributed by atoms with van der Waals surface area (Å²) < 4.78 is 31.9. The van der Waals surface area contributed by atoms with Crippen LogP contribution >= 0.6 is 12.1 Å². The van der Waals surface area contributed by atoms with Gasteiger partial charge in [-0.25, -0.2) is 28.4 Å². The summed E-state index contributed by atoms with van der Waals surface area (Å²) in [5, 5.41) is 0.154. The van der Waals surface area contributed by atoms with Gasteiger partial charge in [0.1, 0.15) is 11.3 Å². The van der Waals surface area contributed by atoms with Crippen molar-refractivity contribution in [1.29, 1.82) is 0 Å². The third-order valence-corrected chi connectivity index (χ3v) is 4.79. The highest BCUT2D eigenvalue weighted by atomic mass is 32.2. The lowest BCUT2D eigenvalue weighted by molar-refractivity contribution is 0.437. The van der Waals surface area contributed by atoms with Crippen LogP contribution in [-0.2, 0) is 6.54 Å². The number of hydrogen-bond acceptors (Lipinski definition) is 9. The fourth-order valence-electron chi connectivity index (χ4n) is 2.84. The lowest BCUT2D eigenvalue weighted by Crippen LogP contribution is -2.33. The van der Waals surface area contributed by atoms with Crippen molar-refractivity contribution in [3.8, 4) is 11.8 Å². The first kappa shape index (κ1) is 20.6. The number of ether oxygens (including phenoxy) is 1. The Balaban J connectivity index is 1.68. The Morgan fingerprint density at radius 2 is 1.97 bits per heavy atom. The highest BCUT2D eigenvalue weighted by Crippen LogP contribution is 2.22. The van der Waals surface area contributed by atoms with E-state index >= 15 is 0 Å². The minimum atomic E-state index is -0.909. The van der Waals surface area contributed by atoms with Crippen molar-refractivity contribution in [3.63, 3.8) is 0 Å². The first-order valence-electron chi connectivity index (χ1n) is 9.05. The van der Waals surface area contributed by atoms with Crippen LogP contribution in [0, 0.1) is 5.82 Å². The van der Waals surface area contributed by atoms with Crippen LogP contribution in [0.25, 0.3) is 11.0 Å². The zero-order valence-electron chi connectivity index (χ0n) is 16.2. The quantitative estimate of drug-likeness (QED) is 0.418. The fourth-order valence-corrected chi connectivity index (χ4v) is 3.21. The Labute approximate surface area is 179 Å². The van der Waals surface area contributed by atoms with Gasteiger partial charge in [0.05, 0.1) is 17.6 Å². The molecule has 4 aromatic rings. The van der Waals surface area contributed by atoms with Crippen molar-refractivity contribution in [1.82, 2.24) is 19.3 Å². The van der Waals surface area contributed by atoms with E-state index in [0.717, 1.165) is 16.7 Å². The Hall–Kier alpha value is -3.70. The molecule has 31 heavy (non-hydrogen) atoms. The summed E-state index contributed by atoms with van der Waals surface area (Å²) in [5.41, 5.74) is -0.172. The van der Waals surface area contributed by atoms with Crippen LogP contribution in [-0.4, -0.2) is 21.6 Å². The van der Waals surface area contributed by atoms with Crippen LogP contribution in [0.4, 0.5) is 10.1 Å². The standard InChI is InChI=1S/C20H16FN5O4S/c1-22-31-25-15-5-2-4-12(17(15)21)11-26-18(27)14-7-6-13(10-16(14)30-20(26)28)29-19-23-8-3-9-24-19/h2-10,22,25H,11H2,1H3. The van der Waals surface area contributed by atoms with E-state index in [0.29, 0.717) is 5.75 Å². The summed E-state index contributed by atoms with van der Waals surface area (Å²) in [6, 6.07) is 10.8. The number of hydrogen-bond donors (Lipinski definition) is 2. The molecular weight excluding hydrogens is 425 g/mol. The first-order valence-corrected chi connectivity index (χ1v) is 9.87. The van der Waals surface area contributed by atoms with Crippen LogP contribution in [0.3, 0.4) is 0 Å². The lowest BCUT2D eigenvalue weighted by Gasteiger charge is -2.11. The fraction of sp³-hybridized carbons (Fsp3) is 0.100. The maximum absolute atomic E-state index is 14.7. The molecule has 0 saturated carbocycles. The van der Waals surface area contributed by atoms with Gasteiger partial charge < -0.3 is 13.9 Å². The van der Waals surface area contributed by atoms with E-state index in [1.807, 2.05) is 0 Å². The molecule has 0 spiro atoms. The predicted molar refractivity (Wildman–Crippen MR) is 115 cm³/mol. The maximum Gasteiger partial charge on any atom is 0.422 e. The van der Waals surface area contributed by atoms with Crippen molar-refractivity contribution in [2.24, 2.45) is 0 Å². The van der Waals surface area contributed by atoms with Gasteiger partial charge in [0.15, 0.2) is 5.82 Å². The number of benzene rings is 2. The SMILES string of the molecule is CNSNc1cccc(Cn2c(=O)oc3cc(Oc4ncccn4)ccc3c2=O)c1F. The molecule has 0 radical (unpaired) electrons. The topological polar surface area (TPSA) is 111 Å². The molecule has 0 unspecified atom stereocenters. The number of halogens is 1. The van der Waals surface area contributed by atoms with E-state index in [9.17, 15) is 14.0 Å². The van der Waals surface area contributed by atoms with Crippen LogP contribution in [0.2, 0.25) is 0 Å². The smallest absolute Gasteiger partial charge is 0.422 e. The number of nitrogens with one attached hydrogen (secondary N) is 2. The lowest BCUT2D eigenvalue weighted by atomic mass is 10.2. The van der Waals surface area contributed by atoms with Gasteiger partial charge in [-0.15, -0.1) is 0 Å². The summed E-state index contributed by atoms with van der Waals surface area (Å²) in [6.07, 6.45) is 3.03. The van der Waals surface area contributed by atoms with E-state index in [1.54, 1.807) is 25.2 Å². The van der Waals surface area contributed by atoms with Crippen LogP contribution < -0.4 is 25.5 Å². The monoisotopic (exact) mass is 441 g/mol. The summed E-state index contributed by atoms with van der Waals surface area (Å²) in [7, 11) is 1.68. The number of anilines is 1. The van der Waals surface area contributed by atoms with Crippen molar-refractivity contribution in [2.75, 3.05) is 11.8 Å². The van der Waals surface area contributed by atoms with E-state index in [4.69, 9.17) is 9.15 Å². The van der Waals surface area contributed by atoms with Gasteiger partial charge in [0.25, 0.3) is 5.56 Å². The van der Waals surface area contributed by atoms with Gasteiger partial charge in [-0.1, -0.05) is 12.1 Å². The van der Waals surface area contributed by atoms with E-state index in [2.05, 4.69) is 19.4 Å². The number of fused-ring (bicyclic) bond motifs is 1. The molecule has 158 valence electrons. The Kier molecular flexibility index (Phi) is 5.96. The second-order valence-electron chi connectivity index (χ2n) is 6.24. The molecule has 0 fully saturated rings. The maximum atomic E-state index is 14.7. The summed E-state index contributed by atoms with van der Waals surface area (Å²) in [6.45, 7) is -0.279. The molecule has 0 atom stereocenters. The highest BCUT2D eigenvalue weighted by Gasteiger charge is 2.15. The van der Waals surface area contributed by atoms with Crippen LogP contribution in [0.15, 0.2) is 68.9 Å². The third-order valence-electron chi connectivity index (χ3n) is 4.27. The zero-order valence-corrected chi connectivity index (χ0v) is 17.0. The number of rotatable bonds is 7. The van der Waals surface area contributed by atoms with Crippen molar-refractivity contribution in [2.45, 2.75) is 6.54 Å². The molecule has 4 rings (SSSR count). The summed E-state index contributed by atoms with van der Waals surface area (Å²) in [4.78, 5) is 33.2. The molecular formula is C20H16FN5O4S. The van der Waals surface area contributed by atoms with Gasteiger partial charge in [0.2, 0.25) is 0 Å². The molecule has 2 aromatic carbocycles. The van der Waals surface area contributed by atoms with Crippen molar-refractivity contribution >= 4 is 28.8 Å². The molecule has 2 aromatic heterocycles. The minimum Gasteiger partial charge on any atom is -0.424 e. The van der Waals surface area contributed by atoms with Gasteiger partial charge in [0, 0.05) is 36.2 Å². The summed E-state index contributed by atoms with van der Waals surface area (Å²) >= 11 is 1.09. The molecule has 0 aliphatic carbocycles. The average Bonchev–Trinajstić information content (AvgIpc) is 2.77. The largest absolute Gasteiger partial charge is 0.424 e. The van der Waals surface area contributed by atoms with E-state index in [1.165, 1.54) is 36.7 Å². The molecule has 2 N–H and O–H groups in total. The number of nitrogens with zero attached hydrogens (tertiary/aromatic N) is 3. The highest BCUT2D eigenvalue weighted by molar-refractivity contribution is 7.98. The van der Waals surface area contributed by atoms with Crippen molar-refractivity contribution < 1.29 is 13.5 Å². The molecule has 0 aliphatic heterocycles. The first-order chi connectivity index (χ1) is 15.1. The van der Waals surface area contributed by atoms with Crippen molar-refractivity contribution in [3.05, 3.63) is 87.1 Å². The second kappa shape index (κ2) is 8.98. The molecule has 2 heterocycles. The van der Waals surface area contributed by atoms with Crippen LogP contribution in [0.1, 0.15) is 5.56 Å². The van der Waals surface area contributed by atoms with Gasteiger partial charge >= 0.3 is 11.8 Å². The Bertz CT molecular complexity index is 1340. The second-order valence-corrected chi connectivity index (χ2v) is 7.05. The average molecular weight is 441 g/mol.